The van der Waals surface area contributed by atoms with Crippen LogP contribution in [0.4, 0.5) is 0 Å². The Labute approximate surface area is 179 Å². The summed E-state index contributed by atoms with van der Waals surface area (Å²) in [6.45, 7) is 16.2. The zero-order valence-electron chi connectivity index (χ0n) is 20.2. The molecular weight excluding hydrogens is 378 g/mol. The predicted molar refractivity (Wildman–Crippen MR) is 131 cm³/mol. The van der Waals surface area contributed by atoms with Crippen LogP contribution in [0, 0.1) is 0 Å². The molecule has 0 bridgehead atoms. The molecule has 0 aromatic heterocycles. The standard InChI is InChI=1S/C23H51NO2Si2/c1-8-9-10-11-12-13-14-15-16-17-18-19-20-23(26-28(5,6)7)22(24)21-25-27(2,3)4/h19-20,22-23H,8-18,21,24H2,1-7H3/b20-19+/t22-,23+/m0/s1. The van der Waals surface area contributed by atoms with Crippen molar-refractivity contribution in [3.63, 3.8) is 0 Å². The molecule has 0 spiro atoms. The average molecular weight is 430 g/mol. The molecule has 0 saturated heterocycles. The fourth-order valence-corrected chi connectivity index (χ4v) is 4.86. The first kappa shape index (κ1) is 28.1. The van der Waals surface area contributed by atoms with E-state index in [1.54, 1.807) is 0 Å². The molecule has 0 rings (SSSR count). The van der Waals surface area contributed by atoms with E-state index in [1.807, 2.05) is 0 Å². The molecule has 5 heteroatoms. The smallest absolute Gasteiger partial charge is 0.184 e. The quantitative estimate of drug-likeness (QED) is 0.142. The molecule has 0 amide bonds. The summed E-state index contributed by atoms with van der Waals surface area (Å²) in [7, 11) is -3.18. The van der Waals surface area contributed by atoms with Gasteiger partial charge in [0.1, 0.15) is 0 Å². The van der Waals surface area contributed by atoms with Gasteiger partial charge in [0.25, 0.3) is 0 Å². The lowest BCUT2D eigenvalue weighted by Crippen LogP contribution is -2.46. The van der Waals surface area contributed by atoms with Crippen molar-refractivity contribution in [1.82, 2.24) is 0 Å². The van der Waals surface area contributed by atoms with E-state index < -0.39 is 16.6 Å². The van der Waals surface area contributed by atoms with Crippen molar-refractivity contribution in [3.05, 3.63) is 12.2 Å². The lowest BCUT2D eigenvalue weighted by molar-refractivity contribution is 0.163. The molecule has 0 radical (unpaired) electrons. The van der Waals surface area contributed by atoms with Gasteiger partial charge in [-0.25, -0.2) is 0 Å². The average Bonchev–Trinajstić information content (AvgIpc) is 2.58. The second-order valence-electron chi connectivity index (χ2n) is 10.2. The molecule has 2 atom stereocenters. The zero-order valence-corrected chi connectivity index (χ0v) is 22.2. The highest BCUT2D eigenvalue weighted by atomic mass is 28.4. The lowest BCUT2D eigenvalue weighted by atomic mass is 10.1. The maximum atomic E-state index is 6.41. The van der Waals surface area contributed by atoms with Crippen LogP contribution in [-0.2, 0) is 8.85 Å². The van der Waals surface area contributed by atoms with E-state index in [4.69, 9.17) is 14.6 Å². The third kappa shape index (κ3) is 19.4. The van der Waals surface area contributed by atoms with E-state index in [9.17, 15) is 0 Å². The van der Waals surface area contributed by atoms with Crippen molar-refractivity contribution in [1.29, 1.82) is 0 Å². The van der Waals surface area contributed by atoms with Gasteiger partial charge >= 0.3 is 0 Å². The first-order chi connectivity index (χ1) is 13.0. The summed E-state index contributed by atoms with van der Waals surface area (Å²) in [6, 6.07) is -0.0811. The lowest BCUT2D eigenvalue weighted by Gasteiger charge is -2.30. The van der Waals surface area contributed by atoms with Crippen molar-refractivity contribution >= 4 is 16.6 Å². The van der Waals surface area contributed by atoms with Crippen LogP contribution in [0.15, 0.2) is 12.2 Å². The van der Waals surface area contributed by atoms with E-state index in [1.165, 1.54) is 64.2 Å². The number of allylic oxidation sites excluding steroid dienone is 1. The van der Waals surface area contributed by atoms with Gasteiger partial charge in [-0.05, 0) is 52.1 Å². The van der Waals surface area contributed by atoms with Crippen LogP contribution in [0.5, 0.6) is 0 Å². The van der Waals surface area contributed by atoms with Crippen LogP contribution in [0.25, 0.3) is 0 Å². The first-order valence-corrected chi connectivity index (χ1v) is 18.6. The highest BCUT2D eigenvalue weighted by Gasteiger charge is 2.25. The zero-order chi connectivity index (χ0) is 21.5. The minimum absolute atomic E-state index is 0.0221. The molecule has 0 aliphatic rings. The summed E-state index contributed by atoms with van der Waals surface area (Å²) in [6.07, 6.45) is 19.4. The SMILES string of the molecule is CCCCCCCCCCCC/C=C/[C@@H](O[Si](C)(C)C)[C@@H](N)CO[Si](C)(C)C. The Morgan fingerprint density at radius 3 is 1.71 bits per heavy atom. The molecule has 0 saturated carbocycles. The number of rotatable bonds is 18. The summed E-state index contributed by atoms with van der Waals surface area (Å²) in [4.78, 5) is 0. The largest absolute Gasteiger partial charge is 0.416 e. The van der Waals surface area contributed by atoms with Gasteiger partial charge in [0.15, 0.2) is 16.6 Å². The maximum Gasteiger partial charge on any atom is 0.184 e. The van der Waals surface area contributed by atoms with Crippen LogP contribution < -0.4 is 5.73 Å². The van der Waals surface area contributed by atoms with Gasteiger partial charge in [-0.3, -0.25) is 0 Å². The van der Waals surface area contributed by atoms with Crippen molar-refractivity contribution < 1.29 is 8.85 Å². The van der Waals surface area contributed by atoms with Crippen LogP contribution in [0.3, 0.4) is 0 Å². The van der Waals surface area contributed by atoms with Gasteiger partial charge in [0, 0.05) is 0 Å². The summed E-state index contributed by atoms with van der Waals surface area (Å²) in [5, 5.41) is 0. The highest BCUT2D eigenvalue weighted by molar-refractivity contribution is 6.70. The second kappa shape index (κ2) is 15.8. The first-order valence-electron chi connectivity index (χ1n) is 11.8. The van der Waals surface area contributed by atoms with E-state index in [-0.39, 0.29) is 12.1 Å². The minimum Gasteiger partial charge on any atom is -0.416 e. The molecule has 0 heterocycles. The van der Waals surface area contributed by atoms with Gasteiger partial charge in [-0.2, -0.15) is 0 Å². The van der Waals surface area contributed by atoms with E-state index >= 15 is 0 Å². The molecule has 0 unspecified atom stereocenters. The molecular formula is C23H51NO2Si2. The van der Waals surface area contributed by atoms with Gasteiger partial charge < -0.3 is 14.6 Å². The Kier molecular flexibility index (Phi) is 15.9. The van der Waals surface area contributed by atoms with Crippen LogP contribution in [0.2, 0.25) is 39.3 Å². The van der Waals surface area contributed by atoms with Crippen molar-refractivity contribution in [2.24, 2.45) is 5.73 Å². The Hall–Kier alpha value is 0.0538. The van der Waals surface area contributed by atoms with Crippen LogP contribution in [-0.4, -0.2) is 35.4 Å². The molecule has 0 aromatic rings. The predicted octanol–water partition coefficient (Wildman–Crippen LogP) is 7.25. The van der Waals surface area contributed by atoms with E-state index in [0.717, 1.165) is 6.42 Å². The van der Waals surface area contributed by atoms with Crippen molar-refractivity contribution in [2.45, 2.75) is 129 Å². The van der Waals surface area contributed by atoms with Crippen molar-refractivity contribution in [2.75, 3.05) is 6.61 Å². The number of nitrogens with two attached hydrogens (primary N) is 1. The molecule has 168 valence electrons. The minimum atomic E-state index is -1.64. The van der Waals surface area contributed by atoms with Gasteiger partial charge in [-0.15, -0.1) is 0 Å². The summed E-state index contributed by atoms with van der Waals surface area (Å²) in [5.74, 6) is 0. The van der Waals surface area contributed by atoms with Gasteiger partial charge in [0.2, 0.25) is 0 Å². The number of hydrogen-bond acceptors (Lipinski definition) is 3. The molecule has 0 aromatic carbocycles. The van der Waals surface area contributed by atoms with E-state index in [0.29, 0.717) is 6.61 Å². The molecule has 0 aliphatic heterocycles. The molecule has 2 N–H and O–H groups in total. The summed E-state index contributed by atoms with van der Waals surface area (Å²) in [5.41, 5.74) is 6.41. The monoisotopic (exact) mass is 429 g/mol. The highest BCUT2D eigenvalue weighted by Crippen LogP contribution is 2.15. The Bertz CT molecular complexity index is 389. The second-order valence-corrected chi connectivity index (χ2v) is 19.2. The Morgan fingerprint density at radius 2 is 1.25 bits per heavy atom. The van der Waals surface area contributed by atoms with E-state index in [2.05, 4.69) is 58.4 Å². The van der Waals surface area contributed by atoms with Crippen LogP contribution in [0.1, 0.15) is 77.6 Å². The Balaban J connectivity index is 4.05. The summed E-state index contributed by atoms with van der Waals surface area (Å²) >= 11 is 0. The van der Waals surface area contributed by atoms with Crippen LogP contribution >= 0.6 is 0 Å². The Morgan fingerprint density at radius 1 is 0.750 bits per heavy atom. The third-order valence-electron chi connectivity index (χ3n) is 4.67. The summed E-state index contributed by atoms with van der Waals surface area (Å²) < 4.78 is 12.3. The number of unbranched alkanes of at least 4 members (excludes halogenated alkanes) is 10. The third-order valence-corrected chi connectivity index (χ3v) is 6.68. The normalized spacial score (nSPS) is 15.3. The van der Waals surface area contributed by atoms with Gasteiger partial charge in [0.05, 0.1) is 18.8 Å². The van der Waals surface area contributed by atoms with Crippen molar-refractivity contribution in [3.8, 4) is 0 Å². The fourth-order valence-electron chi connectivity index (χ4n) is 3.10. The maximum absolute atomic E-state index is 6.41. The molecule has 0 fully saturated rings. The number of hydrogen-bond donors (Lipinski definition) is 1. The topological polar surface area (TPSA) is 44.5 Å². The molecule has 3 nitrogen and oxygen atoms in total. The van der Waals surface area contributed by atoms with Gasteiger partial charge in [-0.1, -0.05) is 76.9 Å². The molecule has 28 heavy (non-hydrogen) atoms. The molecule has 0 aliphatic carbocycles. The fraction of sp³-hybridized carbons (Fsp3) is 0.913.